The van der Waals surface area contributed by atoms with Crippen LogP contribution in [0.15, 0.2) is 45.5 Å². The van der Waals surface area contributed by atoms with E-state index in [4.69, 9.17) is 4.42 Å². The highest BCUT2D eigenvalue weighted by molar-refractivity contribution is 9.10. The van der Waals surface area contributed by atoms with E-state index in [9.17, 15) is 4.79 Å². The molecule has 0 aliphatic heterocycles. The molecular weight excluding hydrogens is 320 g/mol. The minimum atomic E-state index is -0.317. The molecule has 0 spiro atoms. The summed E-state index contributed by atoms with van der Waals surface area (Å²) in [6.07, 6.45) is 1.02. The minimum absolute atomic E-state index is 0.317. The molecule has 1 heterocycles. The van der Waals surface area contributed by atoms with E-state index in [1.807, 2.05) is 24.3 Å². The van der Waals surface area contributed by atoms with Gasteiger partial charge in [-0.1, -0.05) is 32.0 Å². The van der Waals surface area contributed by atoms with E-state index in [-0.39, 0.29) is 6.03 Å². The average Bonchev–Trinajstić information content (AvgIpc) is 2.83. The van der Waals surface area contributed by atoms with Crippen molar-refractivity contribution in [2.75, 3.05) is 10.6 Å². The largest absolute Gasteiger partial charge is 0.434 e. The van der Waals surface area contributed by atoms with Gasteiger partial charge in [0.25, 0.3) is 0 Å². The Bertz CT molecular complexity index is 595. The fraction of sp³-hybridized carbons (Fsp3) is 0.267. The van der Waals surface area contributed by atoms with Crippen LogP contribution in [0.1, 0.15) is 31.7 Å². The maximum absolute atomic E-state index is 12.0. The van der Waals surface area contributed by atoms with E-state index in [1.54, 1.807) is 12.1 Å². The molecule has 2 aromatic rings. The van der Waals surface area contributed by atoms with Crippen molar-refractivity contribution in [3.05, 3.63) is 46.6 Å². The molecule has 20 heavy (non-hydrogen) atoms. The minimum Gasteiger partial charge on any atom is -0.434 e. The number of hydrogen-bond acceptors (Lipinski definition) is 2. The smallest absolute Gasteiger partial charge is 0.326 e. The normalized spacial score (nSPS) is 11.9. The predicted octanol–water partition coefficient (Wildman–Crippen LogP) is 5.20. The van der Waals surface area contributed by atoms with Crippen molar-refractivity contribution in [1.29, 1.82) is 0 Å². The zero-order valence-corrected chi connectivity index (χ0v) is 13.0. The Morgan fingerprint density at radius 2 is 2.00 bits per heavy atom. The lowest BCUT2D eigenvalue weighted by molar-refractivity contribution is 0.261. The zero-order valence-electron chi connectivity index (χ0n) is 11.4. The molecule has 1 aromatic carbocycles. The quantitative estimate of drug-likeness (QED) is 0.806. The predicted molar refractivity (Wildman–Crippen MR) is 84.2 cm³/mol. The van der Waals surface area contributed by atoms with Crippen LogP contribution in [0.2, 0.25) is 0 Å². The number of carbonyl (C=O) groups is 1. The summed E-state index contributed by atoms with van der Waals surface area (Å²) in [5.41, 5.74) is 1.95. The van der Waals surface area contributed by atoms with Crippen LogP contribution >= 0.6 is 15.9 Å². The molecule has 2 rings (SSSR count). The number of carbonyl (C=O) groups excluding carboxylic acids is 1. The molecule has 0 fully saturated rings. The number of benzene rings is 1. The summed E-state index contributed by atoms with van der Waals surface area (Å²) >= 11 is 3.19. The standard InChI is InChI=1S/C15H17BrN2O2/c1-3-10(2)11-6-4-5-7-12(11)17-15(19)18-14-9-8-13(16)20-14/h4-10H,3H2,1-2H3,(H2,17,18,19). The fourth-order valence-corrected chi connectivity index (χ4v) is 2.21. The number of nitrogens with one attached hydrogen (secondary N) is 2. The van der Waals surface area contributed by atoms with Crippen LogP contribution in [-0.2, 0) is 0 Å². The Hall–Kier alpha value is -1.75. The average molecular weight is 337 g/mol. The van der Waals surface area contributed by atoms with Crippen LogP contribution in [0.3, 0.4) is 0 Å². The van der Waals surface area contributed by atoms with E-state index >= 15 is 0 Å². The molecule has 0 bridgehead atoms. The highest BCUT2D eigenvalue weighted by atomic mass is 79.9. The van der Waals surface area contributed by atoms with Crippen molar-refractivity contribution in [1.82, 2.24) is 0 Å². The SMILES string of the molecule is CCC(C)c1ccccc1NC(=O)Nc1ccc(Br)o1. The molecule has 0 aliphatic rings. The maximum atomic E-state index is 12.0. The van der Waals surface area contributed by atoms with Gasteiger partial charge in [-0.2, -0.15) is 0 Å². The highest BCUT2D eigenvalue weighted by Gasteiger charge is 2.11. The fourth-order valence-electron chi connectivity index (χ4n) is 1.91. The van der Waals surface area contributed by atoms with Gasteiger partial charge in [0.1, 0.15) is 0 Å². The molecule has 5 heteroatoms. The topological polar surface area (TPSA) is 54.3 Å². The molecule has 4 nitrogen and oxygen atoms in total. The molecule has 2 N–H and O–H groups in total. The maximum Gasteiger partial charge on any atom is 0.326 e. The monoisotopic (exact) mass is 336 g/mol. The molecular formula is C15H17BrN2O2. The van der Waals surface area contributed by atoms with Crippen molar-refractivity contribution in [3.8, 4) is 0 Å². The number of rotatable bonds is 4. The number of furan rings is 1. The van der Waals surface area contributed by atoms with Crippen molar-refractivity contribution in [2.45, 2.75) is 26.2 Å². The third kappa shape index (κ3) is 3.63. The number of hydrogen-bond donors (Lipinski definition) is 2. The van der Waals surface area contributed by atoms with Crippen molar-refractivity contribution >= 4 is 33.5 Å². The molecule has 106 valence electrons. The zero-order chi connectivity index (χ0) is 14.5. The summed E-state index contributed by atoms with van der Waals surface area (Å²) in [7, 11) is 0. The Balaban J connectivity index is 2.08. The third-order valence-corrected chi connectivity index (χ3v) is 3.59. The van der Waals surface area contributed by atoms with Crippen LogP contribution in [0.25, 0.3) is 0 Å². The lowest BCUT2D eigenvalue weighted by Crippen LogP contribution is -2.20. The summed E-state index contributed by atoms with van der Waals surface area (Å²) in [5, 5.41) is 5.51. The van der Waals surface area contributed by atoms with E-state index in [0.717, 1.165) is 17.7 Å². The summed E-state index contributed by atoms with van der Waals surface area (Å²) in [6.45, 7) is 4.27. The number of anilines is 2. The number of amides is 2. The van der Waals surface area contributed by atoms with E-state index in [0.29, 0.717) is 16.5 Å². The first kappa shape index (κ1) is 14.7. The second kappa shape index (κ2) is 6.61. The lowest BCUT2D eigenvalue weighted by atomic mass is 9.97. The summed E-state index contributed by atoms with van der Waals surface area (Å²) in [4.78, 5) is 12.0. The first-order valence-electron chi connectivity index (χ1n) is 6.52. The highest BCUT2D eigenvalue weighted by Crippen LogP contribution is 2.26. The Morgan fingerprint density at radius 1 is 1.25 bits per heavy atom. The van der Waals surface area contributed by atoms with Crippen LogP contribution in [0.5, 0.6) is 0 Å². The molecule has 0 saturated carbocycles. The number of halogens is 1. The Kier molecular flexibility index (Phi) is 4.84. The van der Waals surface area contributed by atoms with Gasteiger partial charge in [0.05, 0.1) is 0 Å². The molecule has 2 amide bonds. The van der Waals surface area contributed by atoms with Crippen molar-refractivity contribution in [3.63, 3.8) is 0 Å². The van der Waals surface area contributed by atoms with Gasteiger partial charge in [0.2, 0.25) is 5.88 Å². The Morgan fingerprint density at radius 3 is 2.65 bits per heavy atom. The van der Waals surface area contributed by atoms with Crippen LogP contribution in [0.4, 0.5) is 16.4 Å². The Labute approximate surface area is 126 Å². The first-order chi connectivity index (χ1) is 9.60. The van der Waals surface area contributed by atoms with Gasteiger partial charge in [-0.05, 0) is 46.0 Å². The summed E-state index contributed by atoms with van der Waals surface area (Å²) in [5.74, 6) is 0.791. The number of urea groups is 1. The van der Waals surface area contributed by atoms with E-state index in [1.165, 1.54) is 0 Å². The van der Waals surface area contributed by atoms with Gasteiger partial charge in [0, 0.05) is 11.8 Å². The van der Waals surface area contributed by atoms with Gasteiger partial charge in [-0.25, -0.2) is 4.79 Å². The lowest BCUT2D eigenvalue weighted by Gasteiger charge is -2.15. The summed E-state index contributed by atoms with van der Waals surface area (Å²) < 4.78 is 5.81. The van der Waals surface area contributed by atoms with Gasteiger partial charge < -0.3 is 9.73 Å². The van der Waals surface area contributed by atoms with Crippen molar-refractivity contribution < 1.29 is 9.21 Å². The van der Waals surface area contributed by atoms with Gasteiger partial charge in [0.15, 0.2) is 4.67 Å². The molecule has 0 radical (unpaired) electrons. The van der Waals surface area contributed by atoms with E-state index in [2.05, 4.69) is 40.4 Å². The molecule has 0 aliphatic carbocycles. The number of para-hydroxylation sites is 1. The molecule has 1 unspecified atom stereocenters. The van der Waals surface area contributed by atoms with E-state index < -0.39 is 0 Å². The first-order valence-corrected chi connectivity index (χ1v) is 7.31. The summed E-state index contributed by atoms with van der Waals surface area (Å²) in [6, 6.07) is 10.9. The van der Waals surface area contributed by atoms with Crippen molar-refractivity contribution in [2.24, 2.45) is 0 Å². The van der Waals surface area contributed by atoms with Gasteiger partial charge in [-0.3, -0.25) is 5.32 Å². The van der Waals surface area contributed by atoms with Gasteiger partial charge in [-0.15, -0.1) is 0 Å². The van der Waals surface area contributed by atoms with Gasteiger partial charge >= 0.3 is 6.03 Å². The third-order valence-electron chi connectivity index (χ3n) is 3.16. The second-order valence-corrected chi connectivity index (χ2v) is 5.36. The molecule has 0 saturated heterocycles. The molecule has 1 atom stereocenters. The van der Waals surface area contributed by atoms with Crippen LogP contribution in [0, 0.1) is 0 Å². The second-order valence-electron chi connectivity index (χ2n) is 4.58. The van der Waals surface area contributed by atoms with Crippen LogP contribution in [-0.4, -0.2) is 6.03 Å². The molecule has 1 aromatic heterocycles. The van der Waals surface area contributed by atoms with Crippen LogP contribution < -0.4 is 10.6 Å².